The van der Waals surface area contributed by atoms with Crippen molar-refractivity contribution in [3.8, 4) is 5.82 Å². The number of allylic oxidation sites excluding steroid dienone is 1. The Morgan fingerprint density at radius 2 is 2.06 bits per heavy atom. The second-order valence-electron chi connectivity index (χ2n) is 10.4. The third kappa shape index (κ3) is 3.71. The summed E-state index contributed by atoms with van der Waals surface area (Å²) in [6, 6.07) is 1.87. The first-order chi connectivity index (χ1) is 14.8. The fourth-order valence-corrected chi connectivity index (χ4v) is 6.01. The Bertz CT molecular complexity index is 980. The number of halogens is 1. The number of nitrogens with one attached hydrogen (secondary N) is 1. The number of nitrogens with zero attached hydrogens (tertiary/aromatic N) is 4. The third-order valence-electron chi connectivity index (χ3n) is 7.29. The number of amides is 1. The molecule has 0 saturated heterocycles. The lowest BCUT2D eigenvalue weighted by Crippen LogP contribution is -2.61. The summed E-state index contributed by atoms with van der Waals surface area (Å²) >= 11 is 0. The van der Waals surface area contributed by atoms with Gasteiger partial charge in [-0.1, -0.05) is 19.9 Å². The van der Waals surface area contributed by atoms with Gasteiger partial charge < -0.3 is 10.4 Å². The van der Waals surface area contributed by atoms with Crippen LogP contribution in [0.25, 0.3) is 12.0 Å². The van der Waals surface area contributed by atoms with Gasteiger partial charge in [-0.3, -0.25) is 9.18 Å². The molecule has 0 aliphatic heterocycles. The molecular formula is C23H30FN5O2. The van der Waals surface area contributed by atoms with Crippen LogP contribution in [0.5, 0.6) is 0 Å². The van der Waals surface area contributed by atoms with Gasteiger partial charge in [0.15, 0.2) is 5.82 Å². The smallest absolute Gasteiger partial charge is 0.257 e. The molecule has 4 saturated carbocycles. The van der Waals surface area contributed by atoms with Crippen molar-refractivity contribution in [2.24, 2.45) is 23.2 Å². The number of hydrogen-bond donors (Lipinski definition) is 2. The maximum atomic E-state index is 13.4. The average molecular weight is 428 g/mol. The zero-order valence-electron chi connectivity index (χ0n) is 18.0. The van der Waals surface area contributed by atoms with Gasteiger partial charge >= 0.3 is 0 Å². The number of alkyl halides is 1. The maximum Gasteiger partial charge on any atom is 0.257 e. The van der Waals surface area contributed by atoms with Gasteiger partial charge in [0, 0.05) is 30.1 Å². The first-order valence-electron chi connectivity index (χ1n) is 11.1. The van der Waals surface area contributed by atoms with E-state index in [1.165, 1.54) is 0 Å². The highest BCUT2D eigenvalue weighted by Gasteiger charge is 2.55. The molecule has 2 aromatic heterocycles. The van der Waals surface area contributed by atoms with Gasteiger partial charge in [-0.2, -0.15) is 10.2 Å². The van der Waals surface area contributed by atoms with Crippen LogP contribution in [-0.2, 0) is 0 Å². The second kappa shape index (κ2) is 7.29. The molecule has 2 atom stereocenters. The Morgan fingerprint density at radius 3 is 2.68 bits per heavy atom. The fraction of sp³-hybridized carbons (Fsp3) is 0.609. The zero-order chi connectivity index (χ0) is 21.8. The van der Waals surface area contributed by atoms with E-state index in [2.05, 4.69) is 15.5 Å². The molecular weight excluding hydrogens is 397 g/mol. The van der Waals surface area contributed by atoms with Crippen LogP contribution in [0.1, 0.15) is 56.3 Å². The van der Waals surface area contributed by atoms with Crippen molar-refractivity contribution in [2.45, 2.75) is 57.6 Å². The predicted molar refractivity (Wildman–Crippen MR) is 114 cm³/mol. The van der Waals surface area contributed by atoms with E-state index in [1.807, 2.05) is 0 Å². The molecule has 2 unspecified atom stereocenters. The highest BCUT2D eigenvalue weighted by molar-refractivity contribution is 5.97. The molecule has 0 spiro atoms. The minimum Gasteiger partial charge on any atom is -0.390 e. The van der Waals surface area contributed by atoms with E-state index >= 15 is 0 Å². The molecule has 6 rings (SSSR count). The summed E-state index contributed by atoms with van der Waals surface area (Å²) in [5, 5.41) is 22.7. The number of carbonyl (C=O) groups excluding carboxylic acids is 1. The zero-order valence-corrected chi connectivity index (χ0v) is 18.0. The average Bonchev–Trinajstić information content (AvgIpc) is 3.37. The fourth-order valence-electron chi connectivity index (χ4n) is 6.01. The van der Waals surface area contributed by atoms with Gasteiger partial charge in [-0.25, -0.2) is 9.36 Å². The lowest BCUT2D eigenvalue weighted by atomic mass is 9.52. The lowest BCUT2D eigenvalue weighted by Gasteiger charge is -2.58. The molecule has 2 N–H and O–H groups in total. The van der Waals surface area contributed by atoms with Crippen molar-refractivity contribution < 1.29 is 14.3 Å². The summed E-state index contributed by atoms with van der Waals surface area (Å²) in [7, 11) is 0. The molecule has 0 radical (unpaired) electrons. The summed E-state index contributed by atoms with van der Waals surface area (Å²) in [5.74, 6) is 1.58. The molecule has 0 aromatic carbocycles. The van der Waals surface area contributed by atoms with Crippen molar-refractivity contribution in [3.63, 3.8) is 0 Å². The molecule has 4 aliphatic rings. The summed E-state index contributed by atoms with van der Waals surface area (Å²) in [6.45, 7) is 3.11. The van der Waals surface area contributed by atoms with Crippen LogP contribution >= 0.6 is 0 Å². The third-order valence-corrected chi connectivity index (χ3v) is 7.29. The molecule has 8 heteroatoms. The van der Waals surface area contributed by atoms with Crippen molar-refractivity contribution in [1.29, 1.82) is 0 Å². The largest absolute Gasteiger partial charge is 0.390 e. The van der Waals surface area contributed by atoms with Crippen LogP contribution in [0.3, 0.4) is 0 Å². The van der Waals surface area contributed by atoms with Crippen LogP contribution in [0.4, 0.5) is 4.39 Å². The van der Waals surface area contributed by atoms with E-state index in [-0.39, 0.29) is 11.9 Å². The van der Waals surface area contributed by atoms with Gasteiger partial charge in [0.2, 0.25) is 0 Å². The monoisotopic (exact) mass is 427 g/mol. The summed E-state index contributed by atoms with van der Waals surface area (Å²) in [5.41, 5.74) is -0.730. The standard InChI is InChI=1S/C23H30FN5O2/c1-22(2,14-24)4-7-29-21(28-6-3-5-25-28)18(13-26-29)20(30)27-19-16-8-15-9-17(19)12-23(31,10-15)11-16/h3-7,13,15-17,19,31H,8-12,14H2,1-2H3,(H,27,30)/b7-4+/t15?,16?,17?,19-,23-. The topological polar surface area (TPSA) is 85.0 Å². The minimum absolute atomic E-state index is 0.0826. The Balaban J connectivity index is 1.42. The summed E-state index contributed by atoms with van der Waals surface area (Å²) in [4.78, 5) is 13.4. The van der Waals surface area contributed by atoms with Gasteiger partial charge in [0.1, 0.15) is 5.56 Å². The van der Waals surface area contributed by atoms with Crippen LogP contribution in [0.2, 0.25) is 0 Å². The van der Waals surface area contributed by atoms with Crippen molar-refractivity contribution in [1.82, 2.24) is 24.9 Å². The van der Waals surface area contributed by atoms with E-state index in [1.54, 1.807) is 60.1 Å². The Hall–Kier alpha value is -2.48. The Morgan fingerprint density at radius 1 is 1.32 bits per heavy atom. The van der Waals surface area contributed by atoms with Gasteiger partial charge in [-0.15, -0.1) is 0 Å². The highest BCUT2D eigenvalue weighted by atomic mass is 19.1. The highest BCUT2D eigenvalue weighted by Crippen LogP contribution is 2.55. The van der Waals surface area contributed by atoms with E-state index in [4.69, 9.17) is 0 Å². The van der Waals surface area contributed by atoms with E-state index in [0.717, 1.165) is 32.1 Å². The van der Waals surface area contributed by atoms with Gasteiger partial charge in [0.05, 0.1) is 18.5 Å². The van der Waals surface area contributed by atoms with E-state index in [9.17, 15) is 14.3 Å². The minimum atomic E-state index is -0.629. The second-order valence-corrected chi connectivity index (χ2v) is 10.4. The number of hydrogen-bond acceptors (Lipinski definition) is 4. The molecule has 2 aromatic rings. The lowest BCUT2D eigenvalue weighted by molar-refractivity contribution is -0.136. The quantitative estimate of drug-likeness (QED) is 0.741. The first-order valence-corrected chi connectivity index (χ1v) is 11.1. The Labute approximate surface area is 181 Å². The normalized spacial score (nSPS) is 32.1. The van der Waals surface area contributed by atoms with Crippen LogP contribution in [-0.4, -0.2) is 48.9 Å². The molecule has 2 heterocycles. The SMILES string of the molecule is CC(C)(/C=C/n1ncc(C(=O)N[C@H]2C3CC4CC2C[C@](O)(C4)C3)c1-n1cccn1)CF. The molecule has 1 amide bonds. The van der Waals surface area contributed by atoms with Crippen molar-refractivity contribution in [3.05, 3.63) is 36.3 Å². The van der Waals surface area contributed by atoms with Crippen LogP contribution < -0.4 is 5.32 Å². The van der Waals surface area contributed by atoms with Crippen molar-refractivity contribution >= 4 is 12.1 Å². The van der Waals surface area contributed by atoms with Crippen LogP contribution in [0, 0.1) is 23.2 Å². The molecule has 4 fully saturated rings. The molecule has 7 nitrogen and oxygen atoms in total. The van der Waals surface area contributed by atoms with Crippen molar-refractivity contribution in [2.75, 3.05) is 6.67 Å². The number of aromatic nitrogens is 4. The van der Waals surface area contributed by atoms with Gasteiger partial charge in [-0.05, 0) is 55.9 Å². The molecule has 4 aliphatic carbocycles. The van der Waals surface area contributed by atoms with Crippen LogP contribution in [0.15, 0.2) is 30.7 Å². The first kappa shape index (κ1) is 20.4. The Kier molecular flexibility index (Phi) is 4.80. The van der Waals surface area contributed by atoms with Gasteiger partial charge in [0.25, 0.3) is 5.91 Å². The van der Waals surface area contributed by atoms with E-state index in [0.29, 0.717) is 29.1 Å². The molecule has 4 bridgehead atoms. The predicted octanol–water partition coefficient (Wildman–Crippen LogP) is 3.20. The number of rotatable bonds is 6. The maximum absolute atomic E-state index is 13.4. The number of aliphatic hydroxyl groups is 1. The summed E-state index contributed by atoms with van der Waals surface area (Å²) < 4.78 is 16.4. The molecule has 166 valence electrons. The number of carbonyl (C=O) groups is 1. The van der Waals surface area contributed by atoms with E-state index < -0.39 is 17.7 Å². The molecule has 31 heavy (non-hydrogen) atoms. The summed E-state index contributed by atoms with van der Waals surface area (Å²) in [6.07, 6.45) is 13.0.